The molecule has 0 aromatic carbocycles. The molecule has 2 aromatic rings. The third-order valence-electron chi connectivity index (χ3n) is 2.54. The standard InChI is InChI=1S/C10H15N5O2S2/c1-3-7-4-12-10(18-7)6(2)15-19(16,17)8-5-13-14-9(8)11/h4-6,15H,3H2,1-2H3,(H3,11,13,14). The minimum absolute atomic E-state index is 0.0214. The highest BCUT2D eigenvalue weighted by atomic mass is 32.2. The average Bonchev–Trinajstić information content (AvgIpc) is 2.96. The Labute approximate surface area is 115 Å². The average molecular weight is 301 g/mol. The Hall–Kier alpha value is -1.45. The van der Waals surface area contributed by atoms with E-state index in [1.54, 1.807) is 13.1 Å². The van der Waals surface area contributed by atoms with Crippen molar-refractivity contribution < 1.29 is 8.42 Å². The van der Waals surface area contributed by atoms with Crippen LogP contribution >= 0.6 is 11.3 Å². The monoisotopic (exact) mass is 301 g/mol. The Morgan fingerprint density at radius 3 is 2.79 bits per heavy atom. The molecular weight excluding hydrogens is 286 g/mol. The molecule has 1 unspecified atom stereocenters. The second-order valence-electron chi connectivity index (χ2n) is 4.01. The first kappa shape index (κ1) is 14.0. The van der Waals surface area contributed by atoms with Gasteiger partial charge in [-0.15, -0.1) is 11.3 Å². The number of rotatable bonds is 5. The highest BCUT2D eigenvalue weighted by Crippen LogP contribution is 2.23. The van der Waals surface area contributed by atoms with Gasteiger partial charge in [0.25, 0.3) is 0 Å². The van der Waals surface area contributed by atoms with Crippen molar-refractivity contribution in [3.05, 3.63) is 22.3 Å². The van der Waals surface area contributed by atoms with E-state index in [0.29, 0.717) is 0 Å². The van der Waals surface area contributed by atoms with Crippen LogP contribution in [0.3, 0.4) is 0 Å². The van der Waals surface area contributed by atoms with E-state index in [2.05, 4.69) is 19.9 Å². The predicted molar refractivity (Wildman–Crippen MR) is 73.2 cm³/mol. The molecule has 0 bridgehead atoms. The van der Waals surface area contributed by atoms with Gasteiger partial charge in [0.05, 0.1) is 12.2 Å². The van der Waals surface area contributed by atoms with E-state index < -0.39 is 16.1 Å². The van der Waals surface area contributed by atoms with Crippen molar-refractivity contribution in [1.29, 1.82) is 0 Å². The molecule has 0 saturated carbocycles. The minimum Gasteiger partial charge on any atom is -0.383 e. The number of aromatic amines is 1. The summed E-state index contributed by atoms with van der Waals surface area (Å²) in [5, 5.41) is 6.72. The first-order valence-corrected chi connectivity index (χ1v) is 7.99. The van der Waals surface area contributed by atoms with E-state index in [1.165, 1.54) is 17.5 Å². The summed E-state index contributed by atoms with van der Waals surface area (Å²) >= 11 is 1.49. The first-order valence-electron chi connectivity index (χ1n) is 5.69. The van der Waals surface area contributed by atoms with Crippen LogP contribution in [0.1, 0.15) is 29.8 Å². The van der Waals surface area contributed by atoms with E-state index in [-0.39, 0.29) is 10.7 Å². The minimum atomic E-state index is -3.69. The van der Waals surface area contributed by atoms with Gasteiger partial charge in [-0.3, -0.25) is 5.10 Å². The number of nitrogens with zero attached hydrogens (tertiary/aromatic N) is 2. The lowest BCUT2D eigenvalue weighted by Crippen LogP contribution is -2.27. The van der Waals surface area contributed by atoms with Crippen molar-refractivity contribution in [2.45, 2.75) is 31.2 Å². The number of anilines is 1. The van der Waals surface area contributed by atoms with Crippen LogP contribution in [0.25, 0.3) is 0 Å². The number of hydrogen-bond acceptors (Lipinski definition) is 6. The normalized spacial score (nSPS) is 13.6. The number of nitrogens with two attached hydrogens (primary N) is 1. The maximum absolute atomic E-state index is 12.1. The number of aromatic nitrogens is 3. The van der Waals surface area contributed by atoms with Gasteiger partial charge in [0, 0.05) is 11.1 Å². The Kier molecular flexibility index (Phi) is 3.88. The van der Waals surface area contributed by atoms with Crippen molar-refractivity contribution in [2.75, 3.05) is 5.73 Å². The van der Waals surface area contributed by atoms with Crippen molar-refractivity contribution in [3.63, 3.8) is 0 Å². The topological polar surface area (TPSA) is 114 Å². The number of nitrogens with one attached hydrogen (secondary N) is 2. The van der Waals surface area contributed by atoms with Crippen molar-refractivity contribution in [2.24, 2.45) is 0 Å². The summed E-state index contributed by atoms with van der Waals surface area (Å²) in [5.74, 6) is 0.0214. The molecule has 2 aromatic heterocycles. The number of sulfonamides is 1. The number of aryl methyl sites for hydroxylation is 1. The van der Waals surface area contributed by atoms with E-state index in [1.807, 2.05) is 6.92 Å². The molecule has 0 radical (unpaired) electrons. The number of nitrogen functional groups attached to an aromatic ring is 1. The summed E-state index contributed by atoms with van der Waals surface area (Å²) < 4.78 is 26.7. The molecule has 9 heteroatoms. The van der Waals surface area contributed by atoms with Crippen LogP contribution in [0.15, 0.2) is 17.3 Å². The summed E-state index contributed by atoms with van der Waals surface area (Å²) in [7, 11) is -3.69. The number of thiazole rings is 1. The summed E-state index contributed by atoms with van der Waals surface area (Å²) in [6.07, 6.45) is 3.83. The second kappa shape index (κ2) is 5.27. The molecule has 0 aliphatic carbocycles. The zero-order valence-corrected chi connectivity index (χ0v) is 12.2. The molecule has 7 nitrogen and oxygen atoms in total. The van der Waals surface area contributed by atoms with Gasteiger partial charge >= 0.3 is 0 Å². The van der Waals surface area contributed by atoms with E-state index in [9.17, 15) is 8.42 Å². The third kappa shape index (κ3) is 2.94. The third-order valence-corrected chi connectivity index (χ3v) is 5.44. The molecule has 2 rings (SSSR count). The second-order valence-corrected chi connectivity index (χ2v) is 6.84. The molecule has 0 saturated heterocycles. The molecule has 0 aliphatic heterocycles. The number of H-pyrrole nitrogens is 1. The van der Waals surface area contributed by atoms with Crippen LogP contribution in [0.5, 0.6) is 0 Å². The Morgan fingerprint density at radius 1 is 1.53 bits per heavy atom. The van der Waals surface area contributed by atoms with Gasteiger partial charge in [-0.05, 0) is 13.3 Å². The van der Waals surface area contributed by atoms with E-state index in [0.717, 1.165) is 16.3 Å². The fraction of sp³-hybridized carbons (Fsp3) is 0.400. The van der Waals surface area contributed by atoms with Gasteiger partial charge in [-0.1, -0.05) is 6.92 Å². The first-order chi connectivity index (χ1) is 8.94. The Morgan fingerprint density at radius 2 is 2.26 bits per heavy atom. The lowest BCUT2D eigenvalue weighted by molar-refractivity contribution is 0.567. The molecule has 0 fully saturated rings. The van der Waals surface area contributed by atoms with Gasteiger partial charge in [0.15, 0.2) is 0 Å². The molecule has 19 heavy (non-hydrogen) atoms. The van der Waals surface area contributed by atoms with Crippen molar-refractivity contribution >= 4 is 27.2 Å². The molecule has 4 N–H and O–H groups in total. The van der Waals surface area contributed by atoms with Crippen molar-refractivity contribution in [3.8, 4) is 0 Å². The molecule has 2 heterocycles. The van der Waals surface area contributed by atoms with Crippen LogP contribution in [0, 0.1) is 0 Å². The lowest BCUT2D eigenvalue weighted by atomic mass is 10.4. The maximum atomic E-state index is 12.1. The van der Waals surface area contributed by atoms with Crippen molar-refractivity contribution in [1.82, 2.24) is 19.9 Å². The SMILES string of the molecule is CCc1cnc(C(C)NS(=O)(=O)c2cn[nH]c2N)s1. The van der Waals surface area contributed by atoms with Gasteiger partial charge in [0.2, 0.25) is 10.0 Å². The smallest absolute Gasteiger partial charge is 0.246 e. The molecular formula is C10H15N5O2S2. The van der Waals surface area contributed by atoms with Crippen LogP contribution in [-0.4, -0.2) is 23.6 Å². The highest BCUT2D eigenvalue weighted by molar-refractivity contribution is 7.89. The van der Waals surface area contributed by atoms with Gasteiger partial charge in [0.1, 0.15) is 15.7 Å². The fourth-order valence-corrected chi connectivity index (χ4v) is 3.70. The highest BCUT2D eigenvalue weighted by Gasteiger charge is 2.23. The van der Waals surface area contributed by atoms with Crippen LogP contribution in [-0.2, 0) is 16.4 Å². The number of hydrogen-bond donors (Lipinski definition) is 3. The molecule has 0 amide bonds. The molecule has 1 atom stereocenters. The Balaban J connectivity index is 2.19. The van der Waals surface area contributed by atoms with E-state index >= 15 is 0 Å². The summed E-state index contributed by atoms with van der Waals surface area (Å²) in [4.78, 5) is 5.28. The van der Waals surface area contributed by atoms with Gasteiger partial charge in [-0.25, -0.2) is 18.1 Å². The fourth-order valence-electron chi connectivity index (χ4n) is 1.53. The van der Waals surface area contributed by atoms with Crippen LogP contribution < -0.4 is 10.5 Å². The quantitative estimate of drug-likeness (QED) is 0.764. The van der Waals surface area contributed by atoms with E-state index in [4.69, 9.17) is 5.73 Å². The summed E-state index contributed by atoms with van der Waals surface area (Å²) in [5.41, 5.74) is 5.52. The lowest BCUT2D eigenvalue weighted by Gasteiger charge is -2.10. The summed E-state index contributed by atoms with van der Waals surface area (Å²) in [6, 6.07) is -0.412. The zero-order chi connectivity index (χ0) is 14.0. The van der Waals surface area contributed by atoms with Gasteiger partial charge in [-0.2, -0.15) is 5.10 Å². The largest absolute Gasteiger partial charge is 0.383 e. The molecule has 104 valence electrons. The molecule has 0 spiro atoms. The predicted octanol–water partition coefficient (Wildman–Crippen LogP) is 1.05. The van der Waals surface area contributed by atoms with Crippen LogP contribution in [0.4, 0.5) is 5.82 Å². The maximum Gasteiger partial charge on any atom is 0.246 e. The Bertz CT molecular complexity index is 661. The van der Waals surface area contributed by atoms with Gasteiger partial charge < -0.3 is 5.73 Å². The molecule has 0 aliphatic rings. The van der Waals surface area contributed by atoms with Crippen LogP contribution in [0.2, 0.25) is 0 Å². The zero-order valence-electron chi connectivity index (χ0n) is 10.5. The summed E-state index contributed by atoms with van der Waals surface area (Å²) in [6.45, 7) is 3.77.